The number of nitrogens with two attached hydrogens (primary N) is 1. The highest BCUT2D eigenvalue weighted by atomic mass is 16.5. The lowest BCUT2D eigenvalue weighted by molar-refractivity contribution is 0.0689. The number of phenols is 1. The Morgan fingerprint density at radius 1 is 1.43 bits per heavy atom. The van der Waals surface area contributed by atoms with Crippen molar-refractivity contribution in [1.82, 2.24) is 4.90 Å². The van der Waals surface area contributed by atoms with Crippen molar-refractivity contribution in [1.29, 1.82) is 0 Å². The largest absolute Gasteiger partial charge is 0.504 e. The zero-order valence-corrected chi connectivity index (χ0v) is 13.3. The molecule has 0 fully saturated rings. The highest BCUT2D eigenvalue weighted by Crippen LogP contribution is 2.27. The summed E-state index contributed by atoms with van der Waals surface area (Å²) in [5.41, 5.74) is 6.07. The molecule has 0 aromatic heterocycles. The van der Waals surface area contributed by atoms with Gasteiger partial charge in [-0.15, -0.1) is 0 Å². The second kappa shape index (κ2) is 7.31. The summed E-state index contributed by atoms with van der Waals surface area (Å²) in [7, 11) is 1.48. The quantitative estimate of drug-likeness (QED) is 0.808. The van der Waals surface area contributed by atoms with Gasteiger partial charge in [0.1, 0.15) is 0 Å². The van der Waals surface area contributed by atoms with Crippen molar-refractivity contribution in [3.63, 3.8) is 0 Å². The highest BCUT2D eigenvalue weighted by molar-refractivity contribution is 5.95. The van der Waals surface area contributed by atoms with Crippen LogP contribution < -0.4 is 10.5 Å². The van der Waals surface area contributed by atoms with E-state index in [0.717, 1.165) is 6.42 Å². The van der Waals surface area contributed by atoms with Gasteiger partial charge in [0, 0.05) is 18.7 Å². The molecule has 0 unspecified atom stereocenters. The highest BCUT2D eigenvalue weighted by Gasteiger charge is 2.24. The molecule has 118 valence electrons. The third-order valence-corrected chi connectivity index (χ3v) is 3.38. The number of methoxy groups -OCH3 is 1. The van der Waals surface area contributed by atoms with Gasteiger partial charge in [-0.1, -0.05) is 20.8 Å². The average Bonchev–Trinajstić information content (AvgIpc) is 2.45. The van der Waals surface area contributed by atoms with Crippen molar-refractivity contribution in [3.8, 4) is 11.5 Å². The Hall–Kier alpha value is -1.75. The van der Waals surface area contributed by atoms with E-state index in [9.17, 15) is 9.90 Å². The molecular weight excluding hydrogens is 268 g/mol. The average molecular weight is 294 g/mol. The molecule has 0 aliphatic heterocycles. The number of ether oxygens (including phenoxy) is 1. The van der Waals surface area contributed by atoms with Gasteiger partial charge in [-0.3, -0.25) is 4.79 Å². The van der Waals surface area contributed by atoms with Crippen molar-refractivity contribution >= 4 is 5.91 Å². The zero-order valence-electron chi connectivity index (χ0n) is 13.3. The normalized spacial score (nSPS) is 11.3. The number of benzene rings is 1. The number of phenolic OH excluding ortho intramolecular Hbond substituents is 1. The maximum atomic E-state index is 12.6. The SMILES string of the molecule is CCCN(CC(C)(C)CN)C(=O)c1ccc(OC)c(O)c1. The van der Waals surface area contributed by atoms with Crippen LogP contribution in [0.1, 0.15) is 37.6 Å². The van der Waals surface area contributed by atoms with Gasteiger partial charge in [0.25, 0.3) is 5.91 Å². The minimum atomic E-state index is -0.140. The van der Waals surface area contributed by atoms with Gasteiger partial charge in [0.2, 0.25) is 0 Å². The summed E-state index contributed by atoms with van der Waals surface area (Å²) in [6.07, 6.45) is 0.870. The Labute approximate surface area is 126 Å². The Morgan fingerprint density at radius 3 is 2.57 bits per heavy atom. The molecule has 1 aromatic carbocycles. The second-order valence-electron chi connectivity index (χ2n) is 5.98. The van der Waals surface area contributed by atoms with Gasteiger partial charge in [-0.2, -0.15) is 0 Å². The molecule has 0 spiro atoms. The first-order valence-electron chi connectivity index (χ1n) is 7.21. The number of hydrogen-bond acceptors (Lipinski definition) is 4. The van der Waals surface area contributed by atoms with E-state index in [-0.39, 0.29) is 17.1 Å². The Kier molecular flexibility index (Phi) is 6.03. The Morgan fingerprint density at radius 2 is 2.10 bits per heavy atom. The Bertz CT molecular complexity index is 486. The minimum absolute atomic E-state index is 0.0297. The fourth-order valence-corrected chi connectivity index (χ4v) is 2.11. The molecule has 0 saturated carbocycles. The van der Waals surface area contributed by atoms with Crippen molar-refractivity contribution in [3.05, 3.63) is 23.8 Å². The smallest absolute Gasteiger partial charge is 0.254 e. The molecule has 3 N–H and O–H groups in total. The maximum Gasteiger partial charge on any atom is 0.254 e. The lowest BCUT2D eigenvalue weighted by Gasteiger charge is -2.31. The fraction of sp³-hybridized carbons (Fsp3) is 0.562. The van der Waals surface area contributed by atoms with Crippen LogP contribution in [0.3, 0.4) is 0 Å². The first-order chi connectivity index (χ1) is 9.84. The molecule has 5 nitrogen and oxygen atoms in total. The molecule has 1 aromatic rings. The van der Waals surface area contributed by atoms with Crippen LogP contribution in [0.2, 0.25) is 0 Å². The second-order valence-corrected chi connectivity index (χ2v) is 5.98. The molecule has 0 radical (unpaired) electrons. The van der Waals surface area contributed by atoms with Crippen molar-refractivity contribution in [2.75, 3.05) is 26.7 Å². The molecule has 0 aliphatic rings. The fourth-order valence-electron chi connectivity index (χ4n) is 2.11. The zero-order chi connectivity index (χ0) is 16.0. The van der Waals surface area contributed by atoms with Crippen LogP contribution in [0.5, 0.6) is 11.5 Å². The van der Waals surface area contributed by atoms with Gasteiger partial charge in [-0.25, -0.2) is 0 Å². The van der Waals surface area contributed by atoms with Crippen LogP contribution in [-0.4, -0.2) is 42.7 Å². The maximum absolute atomic E-state index is 12.6. The van der Waals surface area contributed by atoms with Gasteiger partial charge in [0.05, 0.1) is 7.11 Å². The molecule has 1 amide bonds. The van der Waals surface area contributed by atoms with Gasteiger partial charge < -0.3 is 20.5 Å². The van der Waals surface area contributed by atoms with E-state index in [4.69, 9.17) is 10.5 Å². The summed E-state index contributed by atoms with van der Waals surface area (Å²) in [4.78, 5) is 14.4. The topological polar surface area (TPSA) is 75.8 Å². The summed E-state index contributed by atoms with van der Waals surface area (Å²) >= 11 is 0. The molecule has 0 heterocycles. The lowest BCUT2D eigenvalue weighted by Crippen LogP contribution is -2.42. The molecule has 5 heteroatoms. The molecule has 21 heavy (non-hydrogen) atoms. The van der Waals surface area contributed by atoms with Crippen LogP contribution in [-0.2, 0) is 0 Å². The number of carbonyl (C=O) groups excluding carboxylic acids is 1. The van der Waals surface area contributed by atoms with E-state index >= 15 is 0 Å². The summed E-state index contributed by atoms with van der Waals surface area (Å²) in [6, 6.07) is 4.71. The number of nitrogens with zero attached hydrogens (tertiary/aromatic N) is 1. The van der Waals surface area contributed by atoms with E-state index in [1.807, 2.05) is 20.8 Å². The monoisotopic (exact) mass is 294 g/mol. The van der Waals surface area contributed by atoms with E-state index in [2.05, 4.69) is 0 Å². The summed E-state index contributed by atoms with van der Waals surface area (Å²) in [5, 5.41) is 9.81. The molecular formula is C16H26N2O3. The van der Waals surface area contributed by atoms with Crippen molar-refractivity contribution < 1.29 is 14.6 Å². The molecule has 1 rings (SSSR count). The number of carbonyl (C=O) groups is 1. The predicted octanol–water partition coefficient (Wildman–Crippen LogP) is 2.24. The Balaban J connectivity index is 2.97. The molecule has 0 saturated heterocycles. The first-order valence-corrected chi connectivity index (χ1v) is 7.21. The predicted molar refractivity (Wildman–Crippen MR) is 83.7 cm³/mol. The van der Waals surface area contributed by atoms with Crippen LogP contribution in [0, 0.1) is 5.41 Å². The van der Waals surface area contributed by atoms with Crippen LogP contribution in [0.15, 0.2) is 18.2 Å². The number of aromatic hydroxyl groups is 1. The van der Waals surface area contributed by atoms with Gasteiger partial charge >= 0.3 is 0 Å². The summed E-state index contributed by atoms with van der Waals surface area (Å²) in [5.74, 6) is 0.227. The van der Waals surface area contributed by atoms with E-state index < -0.39 is 0 Å². The molecule has 0 aliphatic carbocycles. The van der Waals surface area contributed by atoms with Crippen LogP contribution in [0.4, 0.5) is 0 Å². The van der Waals surface area contributed by atoms with Gasteiger partial charge in [-0.05, 0) is 36.6 Å². The number of rotatable bonds is 7. The lowest BCUT2D eigenvalue weighted by atomic mass is 9.92. The van der Waals surface area contributed by atoms with Crippen molar-refractivity contribution in [2.24, 2.45) is 11.1 Å². The van der Waals surface area contributed by atoms with Crippen LogP contribution >= 0.6 is 0 Å². The molecule has 0 bridgehead atoms. The van der Waals surface area contributed by atoms with E-state index in [0.29, 0.717) is 30.9 Å². The standard InChI is InChI=1S/C16H26N2O3/c1-5-8-18(11-16(2,3)10-17)15(20)12-6-7-14(21-4)13(19)9-12/h6-7,9,19H,5,8,10-11,17H2,1-4H3. The minimum Gasteiger partial charge on any atom is -0.504 e. The summed E-state index contributed by atoms with van der Waals surface area (Å²) < 4.78 is 4.99. The van der Waals surface area contributed by atoms with Crippen LogP contribution in [0.25, 0.3) is 0 Å². The summed E-state index contributed by atoms with van der Waals surface area (Å²) in [6.45, 7) is 7.86. The van der Waals surface area contributed by atoms with Gasteiger partial charge in [0.15, 0.2) is 11.5 Å². The third kappa shape index (κ3) is 4.63. The third-order valence-electron chi connectivity index (χ3n) is 3.38. The first kappa shape index (κ1) is 17.3. The van der Waals surface area contributed by atoms with E-state index in [1.165, 1.54) is 13.2 Å². The van der Waals surface area contributed by atoms with E-state index in [1.54, 1.807) is 17.0 Å². The number of amides is 1. The number of hydrogen-bond donors (Lipinski definition) is 2. The molecule has 0 atom stereocenters. The van der Waals surface area contributed by atoms with Crippen molar-refractivity contribution in [2.45, 2.75) is 27.2 Å².